The molecule has 8 aromatic heterocycles. The summed E-state index contributed by atoms with van der Waals surface area (Å²) in [7, 11) is 0. The van der Waals surface area contributed by atoms with E-state index in [4.69, 9.17) is 5.10 Å². The molecule has 750 valence electrons. The van der Waals surface area contributed by atoms with Gasteiger partial charge in [0.2, 0.25) is 0 Å². The molecule has 0 radical (unpaired) electrons. The number of alkyl halides is 3. The molecule has 17 nitrogen and oxygen atoms in total. The minimum atomic E-state index is -4.56. The summed E-state index contributed by atoms with van der Waals surface area (Å²) < 4.78 is 43.9. The molecule has 24 heteroatoms. The van der Waals surface area contributed by atoms with E-state index < -0.39 is 12.0 Å². The van der Waals surface area contributed by atoms with E-state index in [1.165, 1.54) is 62.0 Å². The zero-order valence-electron chi connectivity index (χ0n) is 81.0. The van der Waals surface area contributed by atoms with Crippen LogP contribution in [0, 0.1) is 83.1 Å². The molecule has 0 unspecified atom stereocenters. The van der Waals surface area contributed by atoms with Crippen molar-refractivity contribution in [3.63, 3.8) is 0 Å². The third kappa shape index (κ3) is 30.4. The van der Waals surface area contributed by atoms with E-state index in [1.807, 2.05) is 277 Å². The molecule has 0 aliphatic carbocycles. The molecular weight excluding hydrogens is 2580 g/mol. The number of rotatable bonds is 16. The summed E-state index contributed by atoms with van der Waals surface area (Å²) in [4.78, 5) is 19.8. The molecule has 16 aromatic carbocycles. The van der Waals surface area contributed by atoms with Crippen molar-refractivity contribution in [2.75, 3.05) is 0 Å². The van der Waals surface area contributed by atoms with Crippen molar-refractivity contribution in [1.29, 1.82) is 0 Å². The largest absolute Gasteiger partial charge is 0.619 e. The minimum absolute atomic E-state index is 0. The van der Waals surface area contributed by atoms with Crippen molar-refractivity contribution in [3.8, 4) is 157 Å². The first kappa shape index (κ1) is 110. The summed E-state index contributed by atoms with van der Waals surface area (Å²) in [5, 5.41) is 32.2. The van der Waals surface area contributed by atoms with Crippen LogP contribution in [0.5, 0.6) is 0 Å². The summed E-state index contributed by atoms with van der Waals surface area (Å²) in [5.41, 5.74) is 33.0. The molecule has 0 aliphatic rings. The molecule has 0 saturated heterocycles. The molecule has 0 bridgehead atoms. The van der Waals surface area contributed by atoms with Gasteiger partial charge in [-0.25, -0.2) is 5.69 Å². The number of imidazole rings is 2. The van der Waals surface area contributed by atoms with E-state index >= 15 is 0 Å². The van der Waals surface area contributed by atoms with Crippen molar-refractivity contribution >= 4 is 0 Å². The van der Waals surface area contributed by atoms with Crippen LogP contribution < -0.4 is 20.2 Å². The van der Waals surface area contributed by atoms with Gasteiger partial charge in [0, 0.05) is 136 Å². The maximum absolute atomic E-state index is 12.1. The number of para-hydroxylation sites is 4. The van der Waals surface area contributed by atoms with E-state index in [-0.39, 0.29) is 90.1 Å². The number of benzene rings is 16. The molecule has 0 fully saturated rings. The average Bonchev–Trinajstić information content (AvgIpc) is 1.64. The molecule has 8 heterocycles. The van der Waals surface area contributed by atoms with Crippen molar-refractivity contribution in [1.82, 2.24) is 84.4 Å². The second-order valence-corrected chi connectivity index (χ2v) is 32.8. The van der Waals surface area contributed by atoms with Gasteiger partial charge >= 0.3 is 6.18 Å². The van der Waals surface area contributed by atoms with E-state index in [2.05, 4.69) is 317 Å². The second-order valence-electron chi connectivity index (χ2n) is 32.8. The smallest absolute Gasteiger partial charge is 0.429 e. The van der Waals surface area contributed by atoms with Gasteiger partial charge in [0.1, 0.15) is 5.82 Å². The van der Waals surface area contributed by atoms with Gasteiger partial charge in [0.25, 0.3) is 0 Å². The number of aromatic nitrogens is 17. The fourth-order valence-corrected chi connectivity index (χ4v) is 15.5. The summed E-state index contributed by atoms with van der Waals surface area (Å²) >= 11 is 0. The molecule has 24 rings (SSSR count). The first-order chi connectivity index (χ1) is 71.1. The molecule has 0 saturated carbocycles. The van der Waals surface area contributed by atoms with Gasteiger partial charge in [-0.05, 0) is 117 Å². The van der Waals surface area contributed by atoms with Crippen LogP contribution in [0.25, 0.3) is 157 Å². The minimum Gasteiger partial charge on any atom is -0.619 e. The Kier molecular flexibility index (Phi) is 40.8. The maximum atomic E-state index is 12.1. The molecule has 0 spiro atoms. The molecule has 24 aromatic rings. The van der Waals surface area contributed by atoms with Crippen LogP contribution in [0.4, 0.5) is 13.2 Å². The molecule has 0 amide bonds. The molecular formula is C125H92F3N17Pt4-12. The average molecular weight is 2670 g/mol. The Morgan fingerprint density at radius 3 is 0.919 bits per heavy atom. The Bertz CT molecular complexity index is 7620. The zero-order chi connectivity index (χ0) is 99.7. The van der Waals surface area contributed by atoms with Crippen LogP contribution in [0.2, 0.25) is 0 Å². The summed E-state index contributed by atoms with van der Waals surface area (Å²) in [5.74, 6) is -0.470. The fourth-order valence-electron chi connectivity index (χ4n) is 15.5. The normalized spacial score (nSPS) is 10.3. The number of aryl methyl sites for hydroxylation is 4. The molecule has 0 N–H and O–H groups in total. The Labute approximate surface area is 922 Å². The third-order valence-corrected chi connectivity index (χ3v) is 22.7. The summed E-state index contributed by atoms with van der Waals surface area (Å²) in [6, 6.07) is 164. The predicted octanol–water partition coefficient (Wildman–Crippen LogP) is 28.0. The number of nitrogens with zero attached hydrogens (tertiary/aromatic N) is 17. The van der Waals surface area contributed by atoms with Crippen molar-refractivity contribution in [3.05, 3.63) is 551 Å². The standard InChI is InChI=1S/C23H19N2.3C21H15N2.C11H10N2.C10H8N2.C9H4F3N3.C9H6N2.4Pt/c1-17-23(18(2)25(24-17)22-11-7-4-8-12-22)21-15-13-20(14-16-21)19-9-5-3-6-10-19;3*1-3-7-17(8-4-1)18-11-13-19(14-12-18)20-15-22-23(16-20)21-9-5-2-6-10-21;1-8-11(13-9(2)12-8)10-6-4-3-5-7-10;1-8-7-10(12-11-8)9-5-3-2-4-6-9;10-9(11,12)8-13-7(14-15-8)6-4-2-1-3-5-6;1-2-4-8(5-3-1)9-6-10-7-11-9;;;;/h3-11,13-16H,1-2H3;3*1-9,11-16H;3-6H,1-2H3;2-5,7H,1H3;1-4H;1-4,6-7H;;;;/q4*-1;4*-2;;;;. The van der Waals surface area contributed by atoms with Crippen LogP contribution in [-0.4, -0.2) is 64.3 Å². The molecule has 149 heavy (non-hydrogen) atoms. The van der Waals surface area contributed by atoms with E-state index in [0.717, 1.165) is 119 Å². The van der Waals surface area contributed by atoms with E-state index in [1.54, 1.807) is 30.5 Å². The fraction of sp³-hybridized carbons (Fsp3) is 0.0480. The third-order valence-electron chi connectivity index (χ3n) is 22.7. The van der Waals surface area contributed by atoms with Crippen molar-refractivity contribution in [2.45, 2.75) is 40.8 Å². The predicted molar refractivity (Wildman–Crippen MR) is 567 cm³/mol. The summed E-state index contributed by atoms with van der Waals surface area (Å²) in [6.45, 7) is 9.98. The quantitative estimate of drug-likeness (QED) is 0.0831. The van der Waals surface area contributed by atoms with Gasteiger partial charge in [-0.1, -0.05) is 237 Å². The van der Waals surface area contributed by atoms with E-state index in [9.17, 15) is 13.2 Å². The first-order valence-corrected chi connectivity index (χ1v) is 46.5. The van der Waals surface area contributed by atoms with Crippen LogP contribution in [0.3, 0.4) is 0 Å². The number of halogens is 3. The Hall–Kier alpha value is -16.3. The molecule has 0 aliphatic heterocycles. The number of hydrogen-bond acceptors (Lipinski definition) is 9. The topological polar surface area (TPSA) is 192 Å². The Morgan fingerprint density at radius 2 is 0.611 bits per heavy atom. The van der Waals surface area contributed by atoms with Gasteiger partial charge in [0.05, 0.1) is 24.3 Å². The van der Waals surface area contributed by atoms with E-state index in [0.29, 0.717) is 5.56 Å². The van der Waals surface area contributed by atoms with Crippen LogP contribution in [-0.2, 0) is 90.4 Å². The van der Waals surface area contributed by atoms with Crippen molar-refractivity contribution in [2.24, 2.45) is 0 Å². The zero-order valence-corrected chi connectivity index (χ0v) is 90.0. The molecule has 0 atom stereocenters. The summed E-state index contributed by atoms with van der Waals surface area (Å²) in [6.07, 6.45) is 10.5. The van der Waals surface area contributed by atoms with Gasteiger partial charge < -0.3 is 40.2 Å². The first-order valence-electron chi connectivity index (χ1n) is 46.5. The van der Waals surface area contributed by atoms with Crippen molar-refractivity contribution < 1.29 is 97.4 Å². The number of hydrogen-bond donors (Lipinski definition) is 0. The van der Waals surface area contributed by atoms with Crippen LogP contribution >= 0.6 is 0 Å². The van der Waals surface area contributed by atoms with Gasteiger partial charge in [-0.15, -0.1) is 192 Å². The monoisotopic (exact) mass is 2670 g/mol. The Balaban J connectivity index is 0.000000144. The Morgan fingerprint density at radius 1 is 0.289 bits per heavy atom. The van der Waals surface area contributed by atoms with Gasteiger partial charge in [-0.2, -0.15) is 142 Å². The van der Waals surface area contributed by atoms with Gasteiger partial charge in [-0.3, -0.25) is 23.8 Å². The SMILES string of the molecule is Cc1cc(-c2[c-]cccc2)[n-]n1.Cc1nc(C)c(-c2[c-]cccc2)[n-]1.Cc1nn(-c2[c-]cccc2)c(C)c1-c1ccc(-c2ccccc2)cc1.FC(F)(F)c1n[n-]c(-c2[c-]cccc2)n1.[Pt].[Pt].[Pt].[Pt].[c-]1ccccc1-c1cnc[n-]1.[c-]1ccccc1-n1cc(-c2ccc(-c3ccccc3)cc2)cn1.[c-]1ccccc1-n1cc(-c2ccc(-c3ccccc3)cc2)cn1.[c-]1ccccc1-n1cc(-c2ccc(-c3ccccc3)cc2)cn1. The van der Waals surface area contributed by atoms with Crippen LogP contribution in [0.1, 0.15) is 34.4 Å². The van der Waals surface area contributed by atoms with Gasteiger partial charge in [0.15, 0.2) is 0 Å². The maximum Gasteiger partial charge on any atom is 0.429 e. The second kappa shape index (κ2) is 55.3. The van der Waals surface area contributed by atoms with Crippen LogP contribution in [0.15, 0.2) is 468 Å².